The highest BCUT2D eigenvalue weighted by Crippen LogP contribution is 2.27. The lowest BCUT2D eigenvalue weighted by Gasteiger charge is -2.12. The van der Waals surface area contributed by atoms with Crippen LogP contribution in [0.1, 0.15) is 21.5 Å². The maximum absolute atomic E-state index is 13.5. The summed E-state index contributed by atoms with van der Waals surface area (Å²) in [5.41, 5.74) is 3.32. The van der Waals surface area contributed by atoms with Gasteiger partial charge in [-0.2, -0.15) is 0 Å². The van der Waals surface area contributed by atoms with Crippen LogP contribution in [0.4, 0.5) is 11.4 Å². The zero-order chi connectivity index (χ0) is 34.4. The molecule has 248 valence electrons. The molecule has 10 heteroatoms. The molecule has 0 aromatic heterocycles. The van der Waals surface area contributed by atoms with Gasteiger partial charge < -0.3 is 30.2 Å². The molecule has 0 radical (unpaired) electrons. The number of amides is 3. The van der Waals surface area contributed by atoms with Gasteiger partial charge in [-0.3, -0.25) is 14.4 Å². The SMILES string of the molecule is COc1cc(NC(=O)CSc2ccc(NC(=O)/C(=C/c3ccc(OCc4ccccc4)cc3)NC(=O)c3ccccc3)cc2)cc(OC)c1. The molecular weight excluding hydrogens is 639 g/mol. The van der Waals surface area contributed by atoms with Gasteiger partial charge in [-0.1, -0.05) is 60.7 Å². The summed E-state index contributed by atoms with van der Waals surface area (Å²) >= 11 is 1.35. The van der Waals surface area contributed by atoms with E-state index in [4.69, 9.17) is 14.2 Å². The Balaban J connectivity index is 1.22. The molecule has 0 bridgehead atoms. The Morgan fingerprint density at radius 3 is 1.94 bits per heavy atom. The number of thioether (sulfide) groups is 1. The zero-order valence-corrected chi connectivity index (χ0v) is 27.8. The number of hydrogen-bond donors (Lipinski definition) is 3. The number of benzene rings is 5. The van der Waals surface area contributed by atoms with Crippen molar-refractivity contribution in [3.05, 3.63) is 150 Å². The number of carbonyl (C=O) groups is 3. The van der Waals surface area contributed by atoms with Crippen molar-refractivity contribution in [1.29, 1.82) is 0 Å². The van der Waals surface area contributed by atoms with Crippen LogP contribution in [-0.2, 0) is 16.2 Å². The van der Waals surface area contributed by atoms with Crippen LogP contribution >= 0.6 is 11.8 Å². The molecule has 5 rings (SSSR count). The molecular formula is C39H35N3O6S. The maximum Gasteiger partial charge on any atom is 0.272 e. The van der Waals surface area contributed by atoms with E-state index in [2.05, 4.69) is 16.0 Å². The van der Waals surface area contributed by atoms with Crippen LogP contribution in [0.3, 0.4) is 0 Å². The Bertz CT molecular complexity index is 1880. The molecule has 9 nitrogen and oxygen atoms in total. The van der Waals surface area contributed by atoms with Crippen LogP contribution in [0.25, 0.3) is 6.08 Å². The molecule has 3 N–H and O–H groups in total. The van der Waals surface area contributed by atoms with Gasteiger partial charge in [-0.15, -0.1) is 11.8 Å². The Kier molecular flexibility index (Phi) is 12.1. The number of ether oxygens (including phenoxy) is 3. The van der Waals surface area contributed by atoms with Crippen molar-refractivity contribution in [3.8, 4) is 17.2 Å². The van der Waals surface area contributed by atoms with Crippen molar-refractivity contribution in [2.45, 2.75) is 11.5 Å². The Morgan fingerprint density at radius 2 is 1.31 bits per heavy atom. The minimum Gasteiger partial charge on any atom is -0.497 e. The summed E-state index contributed by atoms with van der Waals surface area (Å²) in [5, 5.41) is 8.46. The normalized spacial score (nSPS) is 10.9. The summed E-state index contributed by atoms with van der Waals surface area (Å²) in [6, 6.07) is 38.0. The third-order valence-corrected chi connectivity index (χ3v) is 8.10. The third-order valence-electron chi connectivity index (χ3n) is 7.09. The van der Waals surface area contributed by atoms with Gasteiger partial charge in [0, 0.05) is 40.0 Å². The molecule has 49 heavy (non-hydrogen) atoms. The molecule has 5 aromatic rings. The van der Waals surface area contributed by atoms with Gasteiger partial charge in [0.2, 0.25) is 5.91 Å². The van der Waals surface area contributed by atoms with E-state index in [-0.39, 0.29) is 17.4 Å². The number of hydrogen-bond acceptors (Lipinski definition) is 7. The monoisotopic (exact) mass is 673 g/mol. The first-order chi connectivity index (χ1) is 23.9. The van der Waals surface area contributed by atoms with Gasteiger partial charge in [0.05, 0.1) is 20.0 Å². The van der Waals surface area contributed by atoms with Crippen molar-refractivity contribution in [1.82, 2.24) is 5.32 Å². The molecule has 0 heterocycles. The quantitative estimate of drug-likeness (QED) is 0.0830. The lowest BCUT2D eigenvalue weighted by Crippen LogP contribution is -2.30. The molecule has 5 aromatic carbocycles. The van der Waals surface area contributed by atoms with Crippen molar-refractivity contribution in [3.63, 3.8) is 0 Å². The second-order valence-corrected chi connectivity index (χ2v) is 11.7. The van der Waals surface area contributed by atoms with Gasteiger partial charge in [0.1, 0.15) is 29.6 Å². The number of anilines is 2. The predicted molar refractivity (Wildman–Crippen MR) is 193 cm³/mol. The Hall–Kier alpha value is -6.00. The van der Waals surface area contributed by atoms with E-state index < -0.39 is 11.8 Å². The second-order valence-electron chi connectivity index (χ2n) is 10.6. The van der Waals surface area contributed by atoms with Crippen molar-refractivity contribution >= 4 is 46.9 Å². The van der Waals surface area contributed by atoms with Crippen molar-refractivity contribution in [2.24, 2.45) is 0 Å². The number of nitrogens with one attached hydrogen (secondary N) is 3. The van der Waals surface area contributed by atoms with Crippen LogP contribution in [0.5, 0.6) is 17.2 Å². The van der Waals surface area contributed by atoms with Gasteiger partial charge in [-0.25, -0.2) is 0 Å². The molecule has 0 saturated carbocycles. The van der Waals surface area contributed by atoms with Gasteiger partial charge >= 0.3 is 0 Å². The third kappa shape index (κ3) is 10.5. The minimum absolute atomic E-state index is 0.0658. The largest absolute Gasteiger partial charge is 0.497 e. The summed E-state index contributed by atoms with van der Waals surface area (Å²) in [5.74, 6) is 0.872. The van der Waals surface area contributed by atoms with Crippen LogP contribution in [-0.4, -0.2) is 37.7 Å². The Labute approximate surface area is 289 Å². The number of carbonyl (C=O) groups excluding carboxylic acids is 3. The number of rotatable bonds is 14. The summed E-state index contributed by atoms with van der Waals surface area (Å²) in [7, 11) is 3.09. The summed E-state index contributed by atoms with van der Waals surface area (Å²) in [6.45, 7) is 0.431. The van der Waals surface area contributed by atoms with Crippen LogP contribution in [0.2, 0.25) is 0 Å². The smallest absolute Gasteiger partial charge is 0.272 e. The zero-order valence-electron chi connectivity index (χ0n) is 27.0. The predicted octanol–water partition coefficient (Wildman–Crippen LogP) is 7.42. The maximum atomic E-state index is 13.5. The van der Waals surface area contributed by atoms with Gasteiger partial charge in [-0.05, 0) is 65.7 Å². The molecule has 0 fully saturated rings. The molecule has 0 saturated heterocycles. The topological polar surface area (TPSA) is 115 Å². The van der Waals surface area contributed by atoms with Crippen molar-refractivity contribution < 1.29 is 28.6 Å². The van der Waals surface area contributed by atoms with Crippen LogP contribution < -0.4 is 30.2 Å². The van der Waals surface area contributed by atoms with Crippen LogP contribution in [0.15, 0.2) is 138 Å². The summed E-state index contributed by atoms with van der Waals surface area (Å²) in [4.78, 5) is 39.9. The van der Waals surface area contributed by atoms with E-state index in [1.165, 1.54) is 11.8 Å². The van der Waals surface area contributed by atoms with Gasteiger partial charge in [0.25, 0.3) is 11.8 Å². The van der Waals surface area contributed by atoms with E-state index >= 15 is 0 Å². The van der Waals surface area contributed by atoms with E-state index in [1.807, 2.05) is 72.8 Å². The van der Waals surface area contributed by atoms with E-state index in [9.17, 15) is 14.4 Å². The Morgan fingerprint density at radius 1 is 0.673 bits per heavy atom. The molecule has 0 atom stereocenters. The molecule has 3 amide bonds. The number of methoxy groups -OCH3 is 2. The average Bonchev–Trinajstić information content (AvgIpc) is 3.14. The lowest BCUT2D eigenvalue weighted by molar-refractivity contribution is -0.114. The second kappa shape index (κ2) is 17.2. The molecule has 0 unspecified atom stereocenters. The minimum atomic E-state index is -0.498. The first-order valence-corrected chi connectivity index (χ1v) is 16.3. The van der Waals surface area contributed by atoms with E-state index in [0.29, 0.717) is 46.4 Å². The fourth-order valence-corrected chi connectivity index (χ4v) is 5.27. The standard InChI is InChI=1S/C39H35N3O6S/c1-46-33-22-31(23-34(24-33)47-2)40-37(43)26-49-35-19-15-30(16-20-35)41-39(45)36(42-38(44)29-11-7-4-8-12-29)21-27-13-17-32(18-14-27)48-25-28-9-5-3-6-10-28/h3-24H,25-26H2,1-2H3,(H,40,43)(H,41,45)(H,42,44)/b36-21-. The molecule has 0 aliphatic rings. The first kappa shape index (κ1) is 34.3. The van der Waals surface area contributed by atoms with Crippen molar-refractivity contribution in [2.75, 3.05) is 30.6 Å². The van der Waals surface area contributed by atoms with Gasteiger partial charge in [0.15, 0.2) is 0 Å². The summed E-state index contributed by atoms with van der Waals surface area (Å²) < 4.78 is 16.4. The highest BCUT2D eigenvalue weighted by atomic mass is 32.2. The average molecular weight is 674 g/mol. The summed E-state index contributed by atoms with van der Waals surface area (Å²) in [6.07, 6.45) is 1.61. The molecule has 0 aliphatic heterocycles. The fourth-order valence-electron chi connectivity index (χ4n) is 4.57. The van der Waals surface area contributed by atoms with E-state index in [1.54, 1.807) is 74.9 Å². The first-order valence-electron chi connectivity index (χ1n) is 15.3. The lowest BCUT2D eigenvalue weighted by atomic mass is 10.1. The molecule has 0 aliphatic carbocycles. The van der Waals surface area contributed by atoms with E-state index in [0.717, 1.165) is 10.5 Å². The highest BCUT2D eigenvalue weighted by Gasteiger charge is 2.16. The highest BCUT2D eigenvalue weighted by molar-refractivity contribution is 8.00. The molecule has 0 spiro atoms. The fraction of sp³-hybridized carbons (Fsp3) is 0.103. The van der Waals surface area contributed by atoms with Crippen LogP contribution in [0, 0.1) is 0 Å².